The molecule has 1 fully saturated rings. The Morgan fingerprint density at radius 3 is 2.67 bits per heavy atom. The predicted octanol–water partition coefficient (Wildman–Crippen LogP) is 0.387. The molecule has 2 atom stereocenters. The minimum absolute atomic E-state index is 0.205. The first kappa shape index (κ1) is 20.2. The quantitative estimate of drug-likeness (QED) is 0.549. The molecule has 2 N–H and O–H groups in total. The van der Waals surface area contributed by atoms with Gasteiger partial charge in [0.15, 0.2) is 5.92 Å². The lowest BCUT2D eigenvalue weighted by molar-refractivity contribution is -0.917. The second kappa shape index (κ2) is 9.13. The van der Waals surface area contributed by atoms with Crippen molar-refractivity contribution in [3.8, 4) is 0 Å². The van der Waals surface area contributed by atoms with Gasteiger partial charge in [-0.3, -0.25) is 14.9 Å². The molecule has 0 spiro atoms. The number of ether oxygens (including phenoxy) is 1. The van der Waals surface area contributed by atoms with Crippen LogP contribution in [0.1, 0.15) is 24.3 Å². The molecule has 1 amide bonds. The number of nitrogens with zero attached hydrogens (tertiary/aromatic N) is 2. The Kier molecular flexibility index (Phi) is 6.13. The molecule has 8 heteroatoms. The summed E-state index contributed by atoms with van der Waals surface area (Å²) in [6.45, 7) is 6.33. The van der Waals surface area contributed by atoms with Gasteiger partial charge in [0.2, 0.25) is 11.9 Å². The summed E-state index contributed by atoms with van der Waals surface area (Å²) in [5, 5.41) is 2.82. The number of esters is 1. The smallest absolute Gasteiger partial charge is 0.321 e. The van der Waals surface area contributed by atoms with Crippen LogP contribution in [0.25, 0.3) is 0 Å². The van der Waals surface area contributed by atoms with Gasteiger partial charge in [-0.15, -0.1) is 0 Å². The van der Waals surface area contributed by atoms with Crippen LogP contribution in [0, 0.1) is 5.92 Å². The Hall–Kier alpha value is -3.13. The van der Waals surface area contributed by atoms with Crippen molar-refractivity contribution in [1.82, 2.24) is 10.2 Å². The van der Waals surface area contributed by atoms with E-state index in [4.69, 9.17) is 14.1 Å². The number of nitrogens with one attached hydrogen (secondary N) is 2. The van der Waals surface area contributed by atoms with Crippen LogP contribution >= 0.6 is 0 Å². The highest BCUT2D eigenvalue weighted by Gasteiger charge is 2.43. The van der Waals surface area contributed by atoms with Crippen LogP contribution in [-0.4, -0.2) is 55.5 Å². The van der Waals surface area contributed by atoms with Gasteiger partial charge in [0, 0.05) is 5.56 Å². The minimum atomic E-state index is -1.05. The van der Waals surface area contributed by atoms with E-state index in [-0.39, 0.29) is 6.61 Å². The molecule has 0 saturated carbocycles. The number of guanidine groups is 1. The molecule has 2 aromatic rings. The number of piperazine rings is 1. The molecule has 158 valence electrons. The standard InChI is InChI=1S/C22H26N4O4/c1-2-29-21(28)18-19(17-9-6-14-30-17)23-22(24-20(18)27)26-12-10-25(11-13-26)15-16-7-4-3-5-8-16/h3-9,14,18-19H,2,10-13,15H2,1H3,(H,23,24,27)/p+1/t18-,19+/m0/s1. The Bertz CT molecular complexity index is 889. The van der Waals surface area contributed by atoms with Crippen LogP contribution in [0.2, 0.25) is 0 Å². The van der Waals surface area contributed by atoms with Crippen LogP contribution in [0.5, 0.6) is 0 Å². The van der Waals surface area contributed by atoms with E-state index in [0.717, 1.165) is 32.7 Å². The zero-order valence-electron chi connectivity index (χ0n) is 17.0. The van der Waals surface area contributed by atoms with Crippen molar-refractivity contribution in [1.29, 1.82) is 0 Å². The van der Waals surface area contributed by atoms with Gasteiger partial charge < -0.3 is 19.0 Å². The van der Waals surface area contributed by atoms with Crippen molar-refractivity contribution in [3.63, 3.8) is 0 Å². The number of quaternary nitrogens is 1. The topological polar surface area (TPSA) is 88.6 Å². The zero-order chi connectivity index (χ0) is 20.9. The number of benzene rings is 1. The first-order chi connectivity index (χ1) is 14.7. The van der Waals surface area contributed by atoms with Crippen molar-refractivity contribution >= 4 is 17.8 Å². The van der Waals surface area contributed by atoms with Crippen molar-refractivity contribution in [2.24, 2.45) is 10.9 Å². The first-order valence-electron chi connectivity index (χ1n) is 10.4. The molecule has 1 aromatic heterocycles. The third-order valence-corrected chi connectivity index (χ3v) is 5.54. The van der Waals surface area contributed by atoms with Crippen LogP contribution in [-0.2, 0) is 20.9 Å². The zero-order valence-corrected chi connectivity index (χ0v) is 17.0. The average molecular weight is 411 g/mol. The summed E-state index contributed by atoms with van der Waals surface area (Å²) >= 11 is 0. The molecular formula is C22H27N4O4+. The molecule has 2 aliphatic rings. The van der Waals surface area contributed by atoms with Crippen molar-refractivity contribution in [2.45, 2.75) is 19.5 Å². The lowest BCUT2D eigenvalue weighted by Crippen LogP contribution is -3.13. The van der Waals surface area contributed by atoms with Crippen LogP contribution in [0.3, 0.4) is 0 Å². The van der Waals surface area contributed by atoms with Crippen molar-refractivity contribution in [3.05, 3.63) is 60.1 Å². The third kappa shape index (κ3) is 4.38. The van der Waals surface area contributed by atoms with E-state index < -0.39 is 23.8 Å². The fourth-order valence-electron chi connectivity index (χ4n) is 3.98. The van der Waals surface area contributed by atoms with Crippen LogP contribution in [0.15, 0.2) is 58.1 Å². The molecule has 0 radical (unpaired) electrons. The Morgan fingerprint density at radius 2 is 2.00 bits per heavy atom. The lowest BCUT2D eigenvalue weighted by Gasteiger charge is -2.36. The summed E-state index contributed by atoms with van der Waals surface area (Å²) < 4.78 is 10.6. The molecule has 1 saturated heterocycles. The normalized spacial score (nSPS) is 22.4. The van der Waals surface area contributed by atoms with E-state index in [2.05, 4.69) is 34.5 Å². The molecule has 0 unspecified atom stereocenters. The van der Waals surface area contributed by atoms with Crippen LogP contribution in [0.4, 0.5) is 0 Å². The van der Waals surface area contributed by atoms with E-state index in [1.54, 1.807) is 19.1 Å². The fraction of sp³-hybridized carbons (Fsp3) is 0.409. The number of carbonyl (C=O) groups excluding carboxylic acids is 2. The number of carbonyl (C=O) groups is 2. The molecule has 1 aromatic carbocycles. The number of hydrogen-bond donors (Lipinski definition) is 2. The van der Waals surface area contributed by atoms with E-state index in [9.17, 15) is 9.59 Å². The summed E-state index contributed by atoms with van der Waals surface area (Å²) in [4.78, 5) is 33.5. The summed E-state index contributed by atoms with van der Waals surface area (Å²) in [7, 11) is 0. The van der Waals surface area contributed by atoms with E-state index in [0.29, 0.717) is 11.7 Å². The van der Waals surface area contributed by atoms with Gasteiger partial charge in [-0.1, -0.05) is 30.3 Å². The van der Waals surface area contributed by atoms with E-state index in [1.165, 1.54) is 16.7 Å². The number of rotatable bonds is 5. The van der Waals surface area contributed by atoms with Crippen LogP contribution < -0.4 is 10.2 Å². The summed E-state index contributed by atoms with van der Waals surface area (Å²) in [5.74, 6) is -1.06. The number of aliphatic imine (C=N–C) groups is 1. The highest BCUT2D eigenvalue weighted by atomic mass is 16.5. The highest BCUT2D eigenvalue weighted by molar-refractivity contribution is 6.08. The molecule has 4 rings (SSSR count). The van der Waals surface area contributed by atoms with Crippen molar-refractivity contribution < 1.29 is 23.6 Å². The van der Waals surface area contributed by atoms with Gasteiger partial charge in [-0.2, -0.15) is 0 Å². The Labute approximate surface area is 175 Å². The number of hydrogen-bond acceptors (Lipinski definition) is 6. The fourth-order valence-corrected chi connectivity index (χ4v) is 3.98. The summed E-state index contributed by atoms with van der Waals surface area (Å²) in [5.41, 5.74) is 1.32. The molecule has 2 aliphatic heterocycles. The number of furan rings is 1. The van der Waals surface area contributed by atoms with Gasteiger partial charge in [-0.05, 0) is 19.1 Å². The maximum Gasteiger partial charge on any atom is 0.321 e. The second-order valence-electron chi connectivity index (χ2n) is 7.53. The van der Waals surface area contributed by atoms with E-state index in [1.807, 2.05) is 6.07 Å². The van der Waals surface area contributed by atoms with Crippen molar-refractivity contribution in [2.75, 3.05) is 32.8 Å². The van der Waals surface area contributed by atoms with Gasteiger partial charge in [0.05, 0.1) is 39.0 Å². The molecule has 8 nitrogen and oxygen atoms in total. The largest absolute Gasteiger partial charge is 0.467 e. The lowest BCUT2D eigenvalue weighted by atomic mass is 9.95. The first-order valence-corrected chi connectivity index (χ1v) is 10.4. The van der Waals surface area contributed by atoms with E-state index >= 15 is 0 Å². The average Bonchev–Trinajstić information content (AvgIpc) is 3.29. The highest BCUT2D eigenvalue weighted by Crippen LogP contribution is 2.31. The SMILES string of the molecule is CCOC(=O)[C@@H]1C(=O)NC(N2CC[NH+](Cc3ccccc3)CC2)=N[C@@H]1c1ccco1. The van der Waals surface area contributed by atoms with Gasteiger partial charge in [-0.25, -0.2) is 4.99 Å². The molecule has 30 heavy (non-hydrogen) atoms. The summed E-state index contributed by atoms with van der Waals surface area (Å²) in [6.07, 6.45) is 1.52. The Balaban J connectivity index is 1.47. The predicted molar refractivity (Wildman–Crippen MR) is 110 cm³/mol. The maximum atomic E-state index is 12.8. The second-order valence-corrected chi connectivity index (χ2v) is 7.53. The van der Waals surface area contributed by atoms with Gasteiger partial charge in [0.1, 0.15) is 18.3 Å². The molecule has 0 bridgehead atoms. The third-order valence-electron chi connectivity index (χ3n) is 5.54. The number of amides is 1. The molecule has 0 aliphatic carbocycles. The molecule has 3 heterocycles. The monoisotopic (exact) mass is 411 g/mol. The van der Waals surface area contributed by atoms with Gasteiger partial charge >= 0.3 is 5.97 Å². The summed E-state index contributed by atoms with van der Waals surface area (Å²) in [6, 6.07) is 13.2. The minimum Gasteiger partial charge on any atom is -0.467 e. The van der Waals surface area contributed by atoms with Gasteiger partial charge in [0.25, 0.3) is 0 Å². The Morgan fingerprint density at radius 1 is 1.23 bits per heavy atom. The molecular weight excluding hydrogens is 384 g/mol. The maximum absolute atomic E-state index is 12.8.